The fourth-order valence-corrected chi connectivity index (χ4v) is 3.13. The molecule has 0 radical (unpaired) electrons. The van der Waals surface area contributed by atoms with Gasteiger partial charge in [0, 0.05) is 11.6 Å². The van der Waals surface area contributed by atoms with E-state index in [2.05, 4.69) is 17.6 Å². The van der Waals surface area contributed by atoms with E-state index in [1.807, 2.05) is 0 Å². The highest BCUT2D eigenvalue weighted by Gasteiger charge is 2.34. The lowest BCUT2D eigenvalue weighted by molar-refractivity contribution is 0.241. The fraction of sp³-hybridized carbons (Fsp3) is 1.00. The minimum Gasteiger partial charge on any atom is -0.312 e. The Balaban J connectivity index is 1.97. The Bertz CT molecular complexity index is 175. The van der Waals surface area contributed by atoms with Gasteiger partial charge >= 0.3 is 0 Å². The fourth-order valence-electron chi connectivity index (χ4n) is 3.13. The lowest BCUT2D eigenvalue weighted by atomic mass is 9.85. The summed E-state index contributed by atoms with van der Waals surface area (Å²) < 4.78 is 0. The predicted octanol–water partition coefficient (Wildman–Crippen LogP) is 2.44. The van der Waals surface area contributed by atoms with Crippen LogP contribution in [0.3, 0.4) is 0 Å². The standard InChI is InChI=1S/C13H26N2/c1-13(9-5-3-7-11-15-13)12-8-4-2-6-10-14-12/h12,14-15H,2-11H2,1H3. The normalized spacial score (nSPS) is 39.4. The van der Waals surface area contributed by atoms with Crippen molar-refractivity contribution in [1.29, 1.82) is 0 Å². The first-order valence-corrected chi connectivity index (χ1v) is 6.80. The van der Waals surface area contributed by atoms with Crippen molar-refractivity contribution in [3.8, 4) is 0 Å². The summed E-state index contributed by atoms with van der Waals surface area (Å²) >= 11 is 0. The Morgan fingerprint density at radius 3 is 2.67 bits per heavy atom. The molecule has 2 nitrogen and oxygen atoms in total. The van der Waals surface area contributed by atoms with Crippen LogP contribution in [0.2, 0.25) is 0 Å². The van der Waals surface area contributed by atoms with E-state index < -0.39 is 0 Å². The quantitative estimate of drug-likeness (QED) is 0.694. The summed E-state index contributed by atoms with van der Waals surface area (Å²) in [4.78, 5) is 0. The number of hydrogen-bond acceptors (Lipinski definition) is 2. The maximum atomic E-state index is 3.79. The maximum Gasteiger partial charge on any atom is 0.0306 e. The van der Waals surface area contributed by atoms with Crippen LogP contribution in [0.5, 0.6) is 0 Å². The molecule has 2 rings (SSSR count). The monoisotopic (exact) mass is 210 g/mol. The van der Waals surface area contributed by atoms with Crippen molar-refractivity contribution in [3.05, 3.63) is 0 Å². The van der Waals surface area contributed by atoms with Gasteiger partial charge in [-0.25, -0.2) is 0 Å². The summed E-state index contributed by atoms with van der Waals surface area (Å²) in [6.07, 6.45) is 11.1. The predicted molar refractivity (Wildman–Crippen MR) is 65.1 cm³/mol. The van der Waals surface area contributed by atoms with Gasteiger partial charge in [0.15, 0.2) is 0 Å². The van der Waals surface area contributed by atoms with Crippen molar-refractivity contribution < 1.29 is 0 Å². The Hall–Kier alpha value is -0.0800. The molecule has 0 spiro atoms. The van der Waals surface area contributed by atoms with Crippen molar-refractivity contribution >= 4 is 0 Å². The van der Waals surface area contributed by atoms with Gasteiger partial charge in [-0.1, -0.05) is 25.7 Å². The van der Waals surface area contributed by atoms with E-state index in [1.165, 1.54) is 64.5 Å². The Morgan fingerprint density at radius 1 is 0.933 bits per heavy atom. The van der Waals surface area contributed by atoms with Gasteiger partial charge in [-0.3, -0.25) is 0 Å². The van der Waals surface area contributed by atoms with Crippen LogP contribution in [0.4, 0.5) is 0 Å². The van der Waals surface area contributed by atoms with Crippen LogP contribution in [0.1, 0.15) is 58.3 Å². The molecule has 2 heteroatoms. The third kappa shape index (κ3) is 2.94. The first-order chi connectivity index (χ1) is 7.31. The maximum absolute atomic E-state index is 3.79. The molecule has 0 saturated carbocycles. The van der Waals surface area contributed by atoms with Crippen LogP contribution >= 0.6 is 0 Å². The minimum atomic E-state index is 0.362. The van der Waals surface area contributed by atoms with Gasteiger partial charge in [0.25, 0.3) is 0 Å². The van der Waals surface area contributed by atoms with E-state index in [-0.39, 0.29) is 0 Å². The summed E-state index contributed by atoms with van der Waals surface area (Å²) in [6.45, 7) is 4.87. The molecule has 0 aromatic heterocycles. The molecule has 88 valence electrons. The van der Waals surface area contributed by atoms with E-state index in [1.54, 1.807) is 0 Å². The molecule has 2 unspecified atom stereocenters. The highest BCUT2D eigenvalue weighted by molar-refractivity contribution is 4.96. The molecule has 2 N–H and O–H groups in total. The third-order valence-corrected chi connectivity index (χ3v) is 4.23. The highest BCUT2D eigenvalue weighted by Crippen LogP contribution is 2.26. The number of rotatable bonds is 1. The van der Waals surface area contributed by atoms with Gasteiger partial charge < -0.3 is 10.6 Å². The molecule has 2 heterocycles. The molecule has 2 saturated heterocycles. The molecular weight excluding hydrogens is 184 g/mol. The molecule has 0 aromatic carbocycles. The first-order valence-electron chi connectivity index (χ1n) is 6.80. The molecule has 15 heavy (non-hydrogen) atoms. The first kappa shape index (κ1) is 11.4. The summed E-state index contributed by atoms with van der Waals surface area (Å²) in [5.41, 5.74) is 0.362. The topological polar surface area (TPSA) is 24.1 Å². The lowest BCUT2D eigenvalue weighted by Crippen LogP contribution is -2.57. The smallest absolute Gasteiger partial charge is 0.0306 e. The molecular formula is C13H26N2. The Kier molecular flexibility index (Phi) is 4.04. The summed E-state index contributed by atoms with van der Waals surface area (Å²) in [5.74, 6) is 0. The Labute approximate surface area is 94.2 Å². The molecule has 2 aliphatic rings. The largest absolute Gasteiger partial charge is 0.312 e. The average molecular weight is 210 g/mol. The van der Waals surface area contributed by atoms with Crippen LogP contribution in [0, 0.1) is 0 Å². The van der Waals surface area contributed by atoms with Gasteiger partial charge in [-0.2, -0.15) is 0 Å². The van der Waals surface area contributed by atoms with E-state index in [0.717, 1.165) is 0 Å². The molecule has 0 aliphatic carbocycles. The van der Waals surface area contributed by atoms with E-state index in [4.69, 9.17) is 0 Å². The number of hydrogen-bond donors (Lipinski definition) is 2. The second-order valence-electron chi connectivity index (χ2n) is 5.51. The SMILES string of the molecule is CC1(C2CCCCCN2)CCCCCN1. The van der Waals surface area contributed by atoms with Gasteiger partial charge in [-0.05, 0) is 45.7 Å². The van der Waals surface area contributed by atoms with E-state index in [9.17, 15) is 0 Å². The van der Waals surface area contributed by atoms with E-state index >= 15 is 0 Å². The van der Waals surface area contributed by atoms with Crippen LogP contribution in [-0.2, 0) is 0 Å². The summed E-state index contributed by atoms with van der Waals surface area (Å²) in [6, 6.07) is 0.707. The molecule has 2 fully saturated rings. The van der Waals surface area contributed by atoms with Gasteiger partial charge in [0.1, 0.15) is 0 Å². The minimum absolute atomic E-state index is 0.362. The summed E-state index contributed by atoms with van der Waals surface area (Å²) in [5, 5.41) is 7.55. The molecule has 0 aromatic rings. The zero-order valence-electron chi connectivity index (χ0n) is 10.1. The lowest BCUT2D eigenvalue weighted by Gasteiger charge is -2.38. The van der Waals surface area contributed by atoms with Crippen molar-refractivity contribution in [2.75, 3.05) is 13.1 Å². The van der Waals surface area contributed by atoms with Gasteiger partial charge in [0.05, 0.1) is 0 Å². The van der Waals surface area contributed by atoms with Crippen LogP contribution < -0.4 is 10.6 Å². The van der Waals surface area contributed by atoms with Gasteiger partial charge in [0.2, 0.25) is 0 Å². The van der Waals surface area contributed by atoms with Crippen molar-refractivity contribution in [3.63, 3.8) is 0 Å². The van der Waals surface area contributed by atoms with Crippen LogP contribution in [0.15, 0.2) is 0 Å². The molecule has 0 amide bonds. The van der Waals surface area contributed by atoms with Crippen molar-refractivity contribution in [2.24, 2.45) is 0 Å². The molecule has 2 aliphatic heterocycles. The summed E-state index contributed by atoms with van der Waals surface area (Å²) in [7, 11) is 0. The second kappa shape index (κ2) is 5.31. The number of nitrogens with one attached hydrogen (secondary N) is 2. The van der Waals surface area contributed by atoms with Crippen LogP contribution in [-0.4, -0.2) is 24.7 Å². The zero-order chi connectivity index (χ0) is 10.6. The van der Waals surface area contributed by atoms with Crippen molar-refractivity contribution in [1.82, 2.24) is 10.6 Å². The van der Waals surface area contributed by atoms with E-state index in [0.29, 0.717) is 11.6 Å². The van der Waals surface area contributed by atoms with Gasteiger partial charge in [-0.15, -0.1) is 0 Å². The Morgan fingerprint density at radius 2 is 1.73 bits per heavy atom. The van der Waals surface area contributed by atoms with Crippen LogP contribution in [0.25, 0.3) is 0 Å². The highest BCUT2D eigenvalue weighted by atomic mass is 15.1. The zero-order valence-corrected chi connectivity index (χ0v) is 10.1. The molecule has 2 atom stereocenters. The molecule has 0 bridgehead atoms. The van der Waals surface area contributed by atoms with Crippen molar-refractivity contribution in [2.45, 2.75) is 69.9 Å². The third-order valence-electron chi connectivity index (χ3n) is 4.23. The second-order valence-corrected chi connectivity index (χ2v) is 5.51. The average Bonchev–Trinajstić information content (AvgIpc) is 2.60.